The quantitative estimate of drug-likeness (QED) is 0.209. The molecule has 0 saturated carbocycles. The maximum Gasteiger partial charge on any atom is 0.335 e. The number of pyridine rings is 1. The maximum atomic E-state index is 15.4. The Morgan fingerprint density at radius 1 is 1.02 bits per heavy atom. The lowest BCUT2D eigenvalue weighted by Crippen LogP contribution is -2.10. The van der Waals surface area contributed by atoms with Gasteiger partial charge in [0.05, 0.1) is 46.3 Å². The normalized spacial score (nSPS) is 11.3. The van der Waals surface area contributed by atoms with Gasteiger partial charge in [-0.25, -0.2) is 33.2 Å². The van der Waals surface area contributed by atoms with Gasteiger partial charge in [-0.3, -0.25) is 0 Å². The Kier molecular flexibility index (Phi) is 8.40. The Bertz CT molecular complexity index is 2020. The summed E-state index contributed by atoms with van der Waals surface area (Å²) in [5.74, 6) is -1.57. The largest absolute Gasteiger partial charge is 0.478 e. The molecule has 15 heteroatoms. The molecule has 2 aromatic carbocycles. The minimum absolute atomic E-state index is 0.0270. The predicted octanol–water partition coefficient (Wildman–Crippen LogP) is 4.92. The van der Waals surface area contributed by atoms with Gasteiger partial charge in [0.2, 0.25) is 0 Å². The third-order valence-corrected chi connectivity index (χ3v) is 7.27. The van der Waals surface area contributed by atoms with Crippen LogP contribution in [0, 0.1) is 11.6 Å². The highest BCUT2D eigenvalue weighted by Gasteiger charge is 2.19. The van der Waals surface area contributed by atoms with Crippen LogP contribution in [0.2, 0.25) is 5.02 Å². The van der Waals surface area contributed by atoms with E-state index in [9.17, 15) is 9.90 Å². The van der Waals surface area contributed by atoms with Crippen molar-refractivity contribution in [2.75, 3.05) is 13.7 Å². The Balaban J connectivity index is 1.22. The standard InChI is InChI=1S/C30H23ClF2N8O4/c1-44-9-8-40-26-11-17(29(42)43)2-3-25(26)37-28(40)12-18-10-23(33)20(13-22(18)32)24-4-5-34-30(38-24)45-16-19-15-35-27(14-21(19)31)41-7-6-36-39-41/h2-7,10-11,13-15H,8-9,12,16H2,1H3,(H,42,43). The molecular formula is C30H23ClF2N8O4. The molecule has 0 spiro atoms. The summed E-state index contributed by atoms with van der Waals surface area (Å²) in [6, 6.07) is 9.65. The number of aromatic carboxylic acids is 1. The third-order valence-electron chi connectivity index (χ3n) is 6.92. The number of fused-ring (bicyclic) bond motifs is 1. The van der Waals surface area contributed by atoms with Gasteiger partial charge in [0.1, 0.15) is 24.1 Å². The number of ether oxygens (including phenoxy) is 2. The van der Waals surface area contributed by atoms with E-state index < -0.39 is 17.6 Å². The fraction of sp³-hybridized carbons (Fsp3) is 0.167. The van der Waals surface area contributed by atoms with Crippen LogP contribution in [-0.2, 0) is 24.3 Å². The number of halogens is 3. The van der Waals surface area contributed by atoms with Gasteiger partial charge in [-0.05, 0) is 42.0 Å². The number of rotatable bonds is 11. The molecule has 0 aliphatic heterocycles. The molecule has 0 aliphatic rings. The van der Waals surface area contributed by atoms with Gasteiger partial charge in [0.15, 0.2) is 5.82 Å². The lowest BCUT2D eigenvalue weighted by molar-refractivity contribution is 0.0697. The number of benzene rings is 2. The molecule has 228 valence electrons. The second-order valence-electron chi connectivity index (χ2n) is 9.78. The van der Waals surface area contributed by atoms with Gasteiger partial charge in [0.25, 0.3) is 0 Å². The first-order chi connectivity index (χ1) is 21.8. The van der Waals surface area contributed by atoms with Crippen LogP contribution in [0.1, 0.15) is 27.3 Å². The summed E-state index contributed by atoms with van der Waals surface area (Å²) in [5, 5.41) is 17.4. The molecule has 4 heterocycles. The Morgan fingerprint density at radius 3 is 2.64 bits per heavy atom. The van der Waals surface area contributed by atoms with E-state index >= 15 is 8.78 Å². The zero-order chi connectivity index (χ0) is 31.5. The van der Waals surface area contributed by atoms with Gasteiger partial charge in [-0.1, -0.05) is 16.8 Å². The van der Waals surface area contributed by atoms with Crippen molar-refractivity contribution in [2.45, 2.75) is 19.6 Å². The highest BCUT2D eigenvalue weighted by atomic mass is 35.5. The molecule has 0 bridgehead atoms. The average Bonchev–Trinajstić information content (AvgIpc) is 3.69. The molecule has 0 atom stereocenters. The van der Waals surface area contributed by atoms with E-state index in [1.165, 1.54) is 48.6 Å². The van der Waals surface area contributed by atoms with Crippen molar-refractivity contribution in [1.82, 2.24) is 39.5 Å². The summed E-state index contributed by atoms with van der Waals surface area (Å²) in [6.45, 7) is 0.617. The molecule has 45 heavy (non-hydrogen) atoms. The van der Waals surface area contributed by atoms with Gasteiger partial charge < -0.3 is 19.1 Å². The number of methoxy groups -OCH3 is 1. The van der Waals surface area contributed by atoms with Crippen molar-refractivity contribution < 1.29 is 28.2 Å². The van der Waals surface area contributed by atoms with Crippen LogP contribution in [0.5, 0.6) is 6.01 Å². The van der Waals surface area contributed by atoms with Crippen LogP contribution in [0.3, 0.4) is 0 Å². The van der Waals surface area contributed by atoms with Gasteiger partial charge in [-0.15, -0.1) is 5.10 Å². The van der Waals surface area contributed by atoms with E-state index in [1.54, 1.807) is 22.9 Å². The molecule has 1 N–H and O–H groups in total. The van der Waals surface area contributed by atoms with Gasteiger partial charge in [-0.2, -0.15) is 4.98 Å². The van der Waals surface area contributed by atoms with Crippen LogP contribution in [-0.4, -0.2) is 64.3 Å². The number of nitrogens with zero attached hydrogens (tertiary/aromatic N) is 8. The van der Waals surface area contributed by atoms with Gasteiger partial charge in [0, 0.05) is 49.7 Å². The van der Waals surface area contributed by atoms with Crippen molar-refractivity contribution >= 4 is 28.6 Å². The summed E-state index contributed by atoms with van der Waals surface area (Å²) in [4.78, 5) is 28.7. The minimum atomic E-state index is -1.08. The number of imidazole rings is 1. The number of carbonyl (C=O) groups is 1. The number of carboxylic acids is 1. The van der Waals surface area contributed by atoms with Crippen molar-refractivity contribution in [3.05, 3.63) is 106 Å². The summed E-state index contributed by atoms with van der Waals surface area (Å²) in [7, 11) is 1.53. The lowest BCUT2D eigenvalue weighted by atomic mass is 10.0. The number of hydrogen-bond donors (Lipinski definition) is 1. The van der Waals surface area contributed by atoms with Crippen LogP contribution < -0.4 is 4.74 Å². The fourth-order valence-electron chi connectivity index (χ4n) is 4.68. The Hall–Kier alpha value is -5.34. The zero-order valence-corrected chi connectivity index (χ0v) is 24.3. The topological polar surface area (TPSA) is 143 Å². The molecule has 0 unspecified atom stereocenters. The van der Waals surface area contributed by atoms with Gasteiger partial charge >= 0.3 is 12.0 Å². The Morgan fingerprint density at radius 2 is 1.89 bits per heavy atom. The monoisotopic (exact) mass is 632 g/mol. The minimum Gasteiger partial charge on any atom is -0.478 e. The van der Waals surface area contributed by atoms with Crippen molar-refractivity contribution in [3.63, 3.8) is 0 Å². The molecule has 0 saturated heterocycles. The third kappa shape index (κ3) is 6.32. The highest BCUT2D eigenvalue weighted by molar-refractivity contribution is 6.31. The van der Waals surface area contributed by atoms with Crippen LogP contribution >= 0.6 is 11.6 Å². The molecule has 0 aliphatic carbocycles. The SMILES string of the molecule is COCCn1c(Cc2cc(F)c(-c3ccnc(OCc4cnc(-n5ccnn5)cc4Cl)n3)cc2F)nc2ccc(C(=O)O)cc21. The van der Waals surface area contributed by atoms with Crippen molar-refractivity contribution in [1.29, 1.82) is 0 Å². The summed E-state index contributed by atoms with van der Waals surface area (Å²) < 4.78 is 45.0. The highest BCUT2D eigenvalue weighted by Crippen LogP contribution is 2.28. The molecule has 6 rings (SSSR count). The molecule has 0 radical (unpaired) electrons. The molecule has 6 aromatic rings. The first-order valence-electron chi connectivity index (χ1n) is 13.5. The molecule has 0 amide bonds. The summed E-state index contributed by atoms with van der Waals surface area (Å²) >= 11 is 6.38. The zero-order valence-electron chi connectivity index (χ0n) is 23.6. The second kappa shape index (κ2) is 12.7. The van der Waals surface area contributed by atoms with Crippen LogP contribution in [0.15, 0.2) is 67.3 Å². The Labute approximate surface area is 258 Å². The van der Waals surface area contributed by atoms with E-state index in [4.69, 9.17) is 21.1 Å². The van der Waals surface area contributed by atoms with E-state index in [-0.39, 0.29) is 41.4 Å². The van der Waals surface area contributed by atoms with Crippen LogP contribution in [0.4, 0.5) is 8.78 Å². The van der Waals surface area contributed by atoms with Crippen molar-refractivity contribution in [2.24, 2.45) is 0 Å². The van der Waals surface area contributed by atoms with Crippen LogP contribution in [0.25, 0.3) is 28.1 Å². The fourth-order valence-corrected chi connectivity index (χ4v) is 4.88. The molecular weight excluding hydrogens is 610 g/mol. The maximum absolute atomic E-state index is 15.4. The van der Waals surface area contributed by atoms with Crippen molar-refractivity contribution in [3.8, 4) is 23.1 Å². The summed E-state index contributed by atoms with van der Waals surface area (Å²) in [6.07, 6.45) is 5.99. The summed E-state index contributed by atoms with van der Waals surface area (Å²) in [5.41, 5.74) is 1.80. The predicted molar refractivity (Wildman–Crippen MR) is 157 cm³/mol. The van der Waals surface area contributed by atoms with E-state index in [0.29, 0.717) is 46.4 Å². The number of hydrogen-bond acceptors (Lipinski definition) is 9. The first kappa shape index (κ1) is 29.7. The molecule has 12 nitrogen and oxygen atoms in total. The lowest BCUT2D eigenvalue weighted by Gasteiger charge is -2.12. The smallest absolute Gasteiger partial charge is 0.335 e. The van der Waals surface area contributed by atoms with E-state index in [0.717, 1.165) is 12.1 Å². The van der Waals surface area contributed by atoms with E-state index in [2.05, 4.69) is 30.2 Å². The number of aromatic nitrogens is 8. The average molecular weight is 633 g/mol. The number of carboxylic acid groups (broad SMARTS) is 1. The first-order valence-corrected chi connectivity index (χ1v) is 13.8. The molecule has 4 aromatic heterocycles. The van der Waals surface area contributed by atoms with E-state index in [1.807, 2.05) is 0 Å². The second-order valence-corrected chi connectivity index (χ2v) is 10.2. The molecule has 0 fully saturated rings.